The van der Waals surface area contributed by atoms with Gasteiger partial charge in [0.25, 0.3) is 5.56 Å². The number of hydrogen-bond donors (Lipinski definition) is 1. The van der Waals surface area contributed by atoms with Crippen LogP contribution in [0.5, 0.6) is 5.75 Å². The second-order valence-electron chi connectivity index (χ2n) is 6.53. The molecule has 3 aromatic rings. The molecule has 156 valence electrons. The number of aromatic nitrogens is 2. The Labute approximate surface area is 171 Å². The fourth-order valence-electron chi connectivity index (χ4n) is 2.94. The fraction of sp³-hybridized carbons (Fsp3) is 0.238. The van der Waals surface area contributed by atoms with Crippen molar-refractivity contribution in [1.29, 1.82) is 0 Å². The Hall–Kier alpha value is -3.75. The third-order valence-electron chi connectivity index (χ3n) is 4.51. The highest BCUT2D eigenvalue weighted by Gasteiger charge is 2.17. The van der Waals surface area contributed by atoms with Crippen LogP contribution in [0.15, 0.2) is 53.6 Å². The van der Waals surface area contributed by atoms with E-state index in [0.717, 1.165) is 10.6 Å². The minimum absolute atomic E-state index is 0.0871. The number of likely N-dealkylation sites (N-methyl/N-ethyl adjacent to an activating group) is 1. The van der Waals surface area contributed by atoms with Crippen LogP contribution in [0, 0.1) is 5.82 Å². The van der Waals surface area contributed by atoms with Crippen LogP contribution >= 0.6 is 0 Å². The highest BCUT2D eigenvalue weighted by Crippen LogP contribution is 2.16. The zero-order chi connectivity index (χ0) is 21.7. The molecule has 3 rings (SSSR count). The standard InChI is InChI=1S/C21H21FN4O4/c1-3-25(11-19(27)24-15-5-4-6-16(10-15)30-2)20(28)12-26-13-23-18-8-7-14(22)9-17(18)21(26)29/h4-10,13H,3,11-12H2,1-2H3,(H,24,27). The molecule has 0 unspecified atom stereocenters. The molecule has 0 spiro atoms. The maximum atomic E-state index is 13.5. The minimum Gasteiger partial charge on any atom is -0.497 e. The molecule has 0 aliphatic carbocycles. The van der Waals surface area contributed by atoms with Crippen LogP contribution in [-0.2, 0) is 16.1 Å². The fourth-order valence-corrected chi connectivity index (χ4v) is 2.94. The van der Waals surface area contributed by atoms with Crippen LogP contribution in [0.2, 0.25) is 0 Å². The Kier molecular flexibility index (Phi) is 6.41. The van der Waals surface area contributed by atoms with E-state index in [1.807, 2.05) is 0 Å². The van der Waals surface area contributed by atoms with Gasteiger partial charge in [0.1, 0.15) is 18.1 Å². The molecule has 0 aliphatic rings. The van der Waals surface area contributed by atoms with Crippen molar-refractivity contribution >= 4 is 28.4 Å². The largest absolute Gasteiger partial charge is 0.497 e. The number of anilines is 1. The van der Waals surface area contributed by atoms with Gasteiger partial charge >= 0.3 is 0 Å². The minimum atomic E-state index is -0.560. The summed E-state index contributed by atoms with van der Waals surface area (Å²) in [5, 5.41) is 2.79. The van der Waals surface area contributed by atoms with Crippen LogP contribution in [0.3, 0.4) is 0 Å². The molecule has 2 aromatic carbocycles. The van der Waals surface area contributed by atoms with Gasteiger partial charge in [0, 0.05) is 18.3 Å². The zero-order valence-corrected chi connectivity index (χ0v) is 16.6. The molecule has 30 heavy (non-hydrogen) atoms. The van der Waals surface area contributed by atoms with Crippen molar-refractivity contribution < 1.29 is 18.7 Å². The van der Waals surface area contributed by atoms with Gasteiger partial charge in [0.2, 0.25) is 11.8 Å². The number of methoxy groups -OCH3 is 1. The number of rotatable bonds is 7. The predicted molar refractivity (Wildman–Crippen MR) is 110 cm³/mol. The average Bonchev–Trinajstić information content (AvgIpc) is 2.74. The first kappa shape index (κ1) is 21.0. The van der Waals surface area contributed by atoms with Crippen molar-refractivity contribution in [3.8, 4) is 5.75 Å². The SMILES string of the molecule is CCN(CC(=O)Nc1cccc(OC)c1)C(=O)Cn1cnc2ccc(F)cc2c1=O. The highest BCUT2D eigenvalue weighted by molar-refractivity contribution is 5.94. The molecular formula is C21H21FN4O4. The summed E-state index contributed by atoms with van der Waals surface area (Å²) in [5.74, 6) is -0.784. The Morgan fingerprint density at radius 2 is 2.03 bits per heavy atom. The summed E-state index contributed by atoms with van der Waals surface area (Å²) in [6.07, 6.45) is 1.24. The maximum absolute atomic E-state index is 13.5. The van der Waals surface area contributed by atoms with E-state index in [1.54, 1.807) is 31.2 Å². The lowest BCUT2D eigenvalue weighted by atomic mass is 10.2. The van der Waals surface area contributed by atoms with E-state index in [-0.39, 0.29) is 30.9 Å². The molecule has 1 N–H and O–H groups in total. The Bertz CT molecular complexity index is 1150. The molecule has 2 amide bonds. The quantitative estimate of drug-likeness (QED) is 0.641. The average molecular weight is 412 g/mol. The van der Waals surface area contributed by atoms with E-state index < -0.39 is 17.3 Å². The van der Waals surface area contributed by atoms with E-state index in [2.05, 4.69) is 10.3 Å². The van der Waals surface area contributed by atoms with Crippen LogP contribution in [0.1, 0.15) is 6.92 Å². The molecule has 0 saturated heterocycles. The van der Waals surface area contributed by atoms with Gasteiger partial charge < -0.3 is 15.0 Å². The number of nitrogens with zero attached hydrogens (tertiary/aromatic N) is 3. The number of carbonyl (C=O) groups is 2. The van der Waals surface area contributed by atoms with E-state index in [0.29, 0.717) is 17.0 Å². The van der Waals surface area contributed by atoms with Crippen molar-refractivity contribution in [1.82, 2.24) is 14.5 Å². The van der Waals surface area contributed by atoms with Crippen molar-refractivity contribution in [2.75, 3.05) is 25.5 Å². The smallest absolute Gasteiger partial charge is 0.261 e. The number of amides is 2. The lowest BCUT2D eigenvalue weighted by Crippen LogP contribution is -2.41. The third-order valence-corrected chi connectivity index (χ3v) is 4.51. The molecule has 0 aliphatic heterocycles. The van der Waals surface area contributed by atoms with E-state index in [1.165, 1.54) is 30.5 Å². The zero-order valence-electron chi connectivity index (χ0n) is 16.6. The summed E-state index contributed by atoms with van der Waals surface area (Å²) in [4.78, 5) is 43.0. The van der Waals surface area contributed by atoms with E-state index >= 15 is 0 Å². The second kappa shape index (κ2) is 9.17. The lowest BCUT2D eigenvalue weighted by Gasteiger charge is -2.21. The topological polar surface area (TPSA) is 93.5 Å². The molecule has 8 nitrogen and oxygen atoms in total. The Balaban J connectivity index is 1.70. The number of fused-ring (bicyclic) bond motifs is 1. The molecule has 1 heterocycles. The van der Waals surface area contributed by atoms with Gasteiger partial charge in [-0.15, -0.1) is 0 Å². The summed E-state index contributed by atoms with van der Waals surface area (Å²) in [5.41, 5.74) is 0.361. The first-order valence-electron chi connectivity index (χ1n) is 9.27. The predicted octanol–water partition coefficient (Wildman–Crippen LogP) is 2.03. The van der Waals surface area contributed by atoms with Crippen molar-refractivity contribution in [3.63, 3.8) is 0 Å². The van der Waals surface area contributed by atoms with Crippen molar-refractivity contribution in [2.24, 2.45) is 0 Å². The number of nitrogens with one attached hydrogen (secondary N) is 1. The Morgan fingerprint density at radius 3 is 2.77 bits per heavy atom. The van der Waals surface area contributed by atoms with Gasteiger partial charge in [-0.25, -0.2) is 9.37 Å². The molecule has 0 saturated carbocycles. The normalized spacial score (nSPS) is 10.6. The number of ether oxygens (including phenoxy) is 1. The summed E-state index contributed by atoms with van der Waals surface area (Å²) < 4.78 is 19.7. The lowest BCUT2D eigenvalue weighted by molar-refractivity contribution is -0.135. The molecular weight excluding hydrogens is 391 g/mol. The molecule has 1 aromatic heterocycles. The summed E-state index contributed by atoms with van der Waals surface area (Å²) >= 11 is 0. The molecule has 9 heteroatoms. The number of hydrogen-bond acceptors (Lipinski definition) is 5. The van der Waals surface area contributed by atoms with Gasteiger partial charge in [-0.2, -0.15) is 0 Å². The first-order valence-corrected chi connectivity index (χ1v) is 9.27. The molecule has 0 radical (unpaired) electrons. The summed E-state index contributed by atoms with van der Waals surface area (Å²) in [6, 6.07) is 10.6. The van der Waals surface area contributed by atoms with Gasteiger partial charge in [-0.1, -0.05) is 6.07 Å². The van der Waals surface area contributed by atoms with Crippen molar-refractivity contribution in [3.05, 3.63) is 65.0 Å². The van der Waals surface area contributed by atoms with Crippen LogP contribution in [0.25, 0.3) is 10.9 Å². The summed E-state index contributed by atoms with van der Waals surface area (Å²) in [6.45, 7) is 1.51. The number of halogens is 1. The van der Waals surface area contributed by atoms with Crippen molar-refractivity contribution in [2.45, 2.75) is 13.5 Å². The van der Waals surface area contributed by atoms with E-state index in [4.69, 9.17) is 4.74 Å². The maximum Gasteiger partial charge on any atom is 0.261 e. The highest BCUT2D eigenvalue weighted by atomic mass is 19.1. The number of benzene rings is 2. The van der Waals surface area contributed by atoms with E-state index in [9.17, 15) is 18.8 Å². The van der Waals surface area contributed by atoms with Gasteiger partial charge in [-0.3, -0.25) is 19.0 Å². The van der Waals surface area contributed by atoms with Crippen LogP contribution < -0.4 is 15.6 Å². The molecule has 0 fully saturated rings. The summed E-state index contributed by atoms with van der Waals surface area (Å²) in [7, 11) is 1.52. The number of carbonyl (C=O) groups excluding carboxylic acids is 2. The third kappa shape index (κ3) is 4.80. The second-order valence-corrected chi connectivity index (χ2v) is 6.53. The molecule has 0 atom stereocenters. The van der Waals surface area contributed by atoms with Crippen LogP contribution in [-0.4, -0.2) is 46.5 Å². The van der Waals surface area contributed by atoms with Gasteiger partial charge in [0.15, 0.2) is 0 Å². The Morgan fingerprint density at radius 1 is 1.23 bits per heavy atom. The van der Waals surface area contributed by atoms with Gasteiger partial charge in [-0.05, 0) is 37.3 Å². The first-order chi connectivity index (χ1) is 14.4. The molecule has 0 bridgehead atoms. The monoisotopic (exact) mass is 412 g/mol. The van der Waals surface area contributed by atoms with Crippen LogP contribution in [0.4, 0.5) is 10.1 Å². The van der Waals surface area contributed by atoms with Gasteiger partial charge in [0.05, 0.1) is 30.9 Å².